The van der Waals surface area contributed by atoms with Gasteiger partial charge >= 0.3 is 0 Å². The smallest absolute Gasteiger partial charge is 0.0640 e. The zero-order chi connectivity index (χ0) is 18.8. The topological polar surface area (TPSA) is 52.0 Å². The molecule has 0 aliphatic carbocycles. The number of benzene rings is 6. The summed E-state index contributed by atoms with van der Waals surface area (Å²) in [5.41, 5.74) is 14.5. The average Bonchev–Trinajstić information content (AvgIpc) is 2.77. The van der Waals surface area contributed by atoms with Crippen molar-refractivity contribution in [2.45, 2.75) is 0 Å². The Labute approximate surface area is 162 Å². The van der Waals surface area contributed by atoms with Gasteiger partial charge in [0.1, 0.15) is 0 Å². The van der Waals surface area contributed by atoms with E-state index in [1.54, 1.807) is 0 Å². The Hall–Kier alpha value is -3.78. The minimum absolute atomic E-state index is 0.660. The molecule has 0 saturated carbocycles. The fraction of sp³-hybridized carbons (Fsp3) is 0. The molecule has 6 aromatic carbocycles. The third-order valence-corrected chi connectivity index (χ3v) is 5.98. The first kappa shape index (κ1) is 15.3. The van der Waals surface area contributed by atoms with Crippen LogP contribution in [0, 0.1) is 0 Å². The van der Waals surface area contributed by atoms with Crippen LogP contribution in [0.2, 0.25) is 0 Å². The monoisotopic (exact) mass is 358 g/mol. The quantitative estimate of drug-likeness (QED) is 0.182. The van der Waals surface area contributed by atoms with Gasteiger partial charge in [-0.15, -0.1) is 0 Å². The van der Waals surface area contributed by atoms with Gasteiger partial charge in [-0.1, -0.05) is 84.9 Å². The molecule has 0 spiro atoms. The van der Waals surface area contributed by atoms with Gasteiger partial charge < -0.3 is 11.5 Å². The van der Waals surface area contributed by atoms with E-state index in [9.17, 15) is 0 Å². The second kappa shape index (κ2) is 5.37. The standard InChI is InChI=1S/C26H18N2/c27-25-22-12-6-4-10-18(22)21-14-13-20-17-9-2-1-7-15(17)16-8-3-5-11-19(16)23(20)24(21)26(25)28/h1-14H,27-28H2. The van der Waals surface area contributed by atoms with Crippen molar-refractivity contribution in [2.24, 2.45) is 0 Å². The van der Waals surface area contributed by atoms with Crippen LogP contribution in [0.5, 0.6) is 0 Å². The number of nitrogens with two attached hydrogens (primary N) is 2. The van der Waals surface area contributed by atoms with E-state index in [1.165, 1.54) is 32.3 Å². The first-order chi connectivity index (χ1) is 13.8. The van der Waals surface area contributed by atoms with Crippen molar-refractivity contribution >= 4 is 65.2 Å². The van der Waals surface area contributed by atoms with Gasteiger partial charge in [-0.3, -0.25) is 0 Å². The molecule has 2 nitrogen and oxygen atoms in total. The predicted octanol–water partition coefficient (Wildman–Crippen LogP) is 6.62. The van der Waals surface area contributed by atoms with Crippen molar-refractivity contribution in [3.05, 3.63) is 84.9 Å². The lowest BCUT2D eigenvalue weighted by Gasteiger charge is -2.17. The molecule has 0 fully saturated rings. The maximum Gasteiger partial charge on any atom is 0.0640 e. The van der Waals surface area contributed by atoms with Crippen molar-refractivity contribution < 1.29 is 0 Å². The Kier molecular flexibility index (Phi) is 2.93. The highest BCUT2D eigenvalue weighted by Gasteiger charge is 2.16. The summed E-state index contributed by atoms with van der Waals surface area (Å²) in [6, 6.07) is 29.8. The third-order valence-electron chi connectivity index (χ3n) is 5.98. The van der Waals surface area contributed by atoms with Crippen molar-refractivity contribution in [3.8, 4) is 0 Å². The van der Waals surface area contributed by atoms with E-state index < -0.39 is 0 Å². The van der Waals surface area contributed by atoms with E-state index in [0.29, 0.717) is 11.4 Å². The van der Waals surface area contributed by atoms with Crippen LogP contribution in [0.25, 0.3) is 53.9 Å². The van der Waals surface area contributed by atoms with E-state index in [-0.39, 0.29) is 0 Å². The molecule has 0 radical (unpaired) electrons. The Morgan fingerprint density at radius 1 is 0.321 bits per heavy atom. The fourth-order valence-corrected chi connectivity index (χ4v) is 4.73. The summed E-state index contributed by atoms with van der Waals surface area (Å²) < 4.78 is 0. The van der Waals surface area contributed by atoms with Gasteiger partial charge in [-0.05, 0) is 37.7 Å². The van der Waals surface area contributed by atoms with Gasteiger partial charge in [0.15, 0.2) is 0 Å². The summed E-state index contributed by atoms with van der Waals surface area (Å²) in [5, 5.41) is 11.7. The van der Waals surface area contributed by atoms with Gasteiger partial charge in [0.2, 0.25) is 0 Å². The number of hydrogen-bond acceptors (Lipinski definition) is 2. The van der Waals surface area contributed by atoms with Crippen LogP contribution >= 0.6 is 0 Å². The van der Waals surface area contributed by atoms with Crippen LogP contribution in [0.3, 0.4) is 0 Å². The summed E-state index contributed by atoms with van der Waals surface area (Å²) in [6.45, 7) is 0. The molecule has 28 heavy (non-hydrogen) atoms. The molecule has 0 aromatic heterocycles. The summed E-state index contributed by atoms with van der Waals surface area (Å²) in [7, 11) is 0. The molecule has 0 atom stereocenters. The number of anilines is 2. The molecule has 0 aliphatic heterocycles. The van der Waals surface area contributed by atoms with Crippen molar-refractivity contribution in [2.75, 3.05) is 11.5 Å². The van der Waals surface area contributed by atoms with Gasteiger partial charge in [0, 0.05) is 16.2 Å². The summed E-state index contributed by atoms with van der Waals surface area (Å²) in [5.74, 6) is 0. The lowest BCUT2D eigenvalue weighted by molar-refractivity contribution is 1.75. The van der Waals surface area contributed by atoms with Gasteiger partial charge in [-0.2, -0.15) is 0 Å². The second-order valence-electron chi connectivity index (χ2n) is 7.37. The molecular weight excluding hydrogens is 340 g/mol. The van der Waals surface area contributed by atoms with E-state index in [4.69, 9.17) is 11.5 Å². The minimum Gasteiger partial charge on any atom is -0.397 e. The first-order valence-electron chi connectivity index (χ1n) is 9.47. The molecule has 6 rings (SSSR count). The molecule has 4 N–H and O–H groups in total. The van der Waals surface area contributed by atoms with Gasteiger partial charge in [0.05, 0.1) is 11.4 Å². The summed E-state index contributed by atoms with van der Waals surface area (Å²) in [4.78, 5) is 0. The van der Waals surface area contributed by atoms with Crippen molar-refractivity contribution in [1.29, 1.82) is 0 Å². The molecule has 132 valence electrons. The fourth-order valence-electron chi connectivity index (χ4n) is 4.73. The first-order valence-corrected chi connectivity index (χ1v) is 9.47. The highest BCUT2D eigenvalue weighted by atomic mass is 14.7. The maximum absolute atomic E-state index is 6.66. The van der Waals surface area contributed by atoms with Gasteiger partial charge in [-0.25, -0.2) is 0 Å². The largest absolute Gasteiger partial charge is 0.397 e. The van der Waals surface area contributed by atoms with Crippen LogP contribution in [0.15, 0.2) is 84.9 Å². The zero-order valence-electron chi connectivity index (χ0n) is 15.2. The molecule has 0 saturated heterocycles. The molecule has 2 heteroatoms. The Balaban J connectivity index is 2.04. The van der Waals surface area contributed by atoms with E-state index >= 15 is 0 Å². The molecule has 0 amide bonds. The minimum atomic E-state index is 0.660. The predicted molar refractivity (Wildman–Crippen MR) is 123 cm³/mol. The molecule has 0 bridgehead atoms. The Morgan fingerprint density at radius 2 is 0.679 bits per heavy atom. The number of nitrogen functional groups attached to an aromatic ring is 2. The zero-order valence-corrected chi connectivity index (χ0v) is 15.2. The number of rotatable bonds is 0. The lowest BCUT2D eigenvalue weighted by Crippen LogP contribution is -1.98. The highest BCUT2D eigenvalue weighted by molar-refractivity contribution is 6.36. The number of fused-ring (bicyclic) bond motifs is 10. The van der Waals surface area contributed by atoms with Crippen LogP contribution in [-0.2, 0) is 0 Å². The summed E-state index contributed by atoms with van der Waals surface area (Å²) >= 11 is 0. The van der Waals surface area contributed by atoms with E-state index in [1.807, 2.05) is 12.1 Å². The number of hydrogen-bond donors (Lipinski definition) is 2. The van der Waals surface area contributed by atoms with E-state index in [2.05, 4.69) is 72.8 Å². The summed E-state index contributed by atoms with van der Waals surface area (Å²) in [6.07, 6.45) is 0. The van der Waals surface area contributed by atoms with Crippen molar-refractivity contribution in [1.82, 2.24) is 0 Å². The third kappa shape index (κ3) is 1.82. The van der Waals surface area contributed by atoms with E-state index in [0.717, 1.165) is 21.5 Å². The van der Waals surface area contributed by atoms with Crippen LogP contribution in [0.4, 0.5) is 11.4 Å². The normalized spacial score (nSPS) is 11.9. The van der Waals surface area contributed by atoms with Gasteiger partial charge in [0.25, 0.3) is 0 Å². The molecule has 0 unspecified atom stereocenters. The molecule has 0 heterocycles. The van der Waals surface area contributed by atoms with Crippen LogP contribution in [-0.4, -0.2) is 0 Å². The molecular formula is C26H18N2. The van der Waals surface area contributed by atoms with Crippen LogP contribution in [0.1, 0.15) is 0 Å². The highest BCUT2D eigenvalue weighted by Crippen LogP contribution is 2.44. The second-order valence-corrected chi connectivity index (χ2v) is 7.37. The van der Waals surface area contributed by atoms with Crippen molar-refractivity contribution in [3.63, 3.8) is 0 Å². The Bertz CT molecular complexity index is 1540. The molecule has 0 aliphatic rings. The lowest BCUT2D eigenvalue weighted by atomic mass is 9.88. The molecule has 6 aromatic rings. The SMILES string of the molecule is Nc1c(N)c2c(ccc3c4ccccc4c4ccccc4c32)c2ccccc12. The average molecular weight is 358 g/mol. The maximum atomic E-state index is 6.66. The van der Waals surface area contributed by atoms with Crippen LogP contribution < -0.4 is 11.5 Å². The Morgan fingerprint density at radius 3 is 1.25 bits per heavy atom.